The van der Waals surface area contributed by atoms with Crippen molar-refractivity contribution in [3.63, 3.8) is 0 Å². The summed E-state index contributed by atoms with van der Waals surface area (Å²) in [6.45, 7) is 3.30. The number of nitrogens with zero attached hydrogens (tertiary/aromatic N) is 1. The third kappa shape index (κ3) is 5.62. The van der Waals surface area contributed by atoms with Gasteiger partial charge in [-0.05, 0) is 48.9 Å². The van der Waals surface area contributed by atoms with E-state index in [1.165, 1.54) is 22.5 Å². The summed E-state index contributed by atoms with van der Waals surface area (Å²) in [5, 5.41) is 2.72. The van der Waals surface area contributed by atoms with Crippen LogP contribution in [-0.4, -0.2) is 57.5 Å². The molecule has 10 heteroatoms. The summed E-state index contributed by atoms with van der Waals surface area (Å²) < 4.78 is 37.4. The Balaban J connectivity index is 1.75. The van der Waals surface area contributed by atoms with Crippen LogP contribution in [0.25, 0.3) is 0 Å². The quantitative estimate of drug-likeness (QED) is 0.629. The highest BCUT2D eigenvalue weighted by Gasteiger charge is 2.29. The Labute approximate surface area is 186 Å². The third-order valence-corrected chi connectivity index (χ3v) is 6.98. The van der Waals surface area contributed by atoms with Gasteiger partial charge in [0, 0.05) is 24.3 Å². The van der Waals surface area contributed by atoms with Crippen LogP contribution in [-0.2, 0) is 19.5 Å². The summed E-state index contributed by atoms with van der Waals surface area (Å²) in [5.41, 5.74) is 0.962. The lowest BCUT2D eigenvalue weighted by molar-refractivity contribution is 0.0505. The standard InChI is InChI=1S/C21H23ClN2O6S/c1-2-11-30-21(26)15-3-6-17(7-4-15)23-20(25)16-5-8-18(22)19(14-16)31(27,28)24-9-12-29-13-10-24/h3-8,14H,2,9-13H2,1H3,(H,23,25). The summed E-state index contributed by atoms with van der Waals surface area (Å²) >= 11 is 6.14. The van der Waals surface area contributed by atoms with Crippen molar-refractivity contribution in [2.24, 2.45) is 0 Å². The number of amides is 1. The van der Waals surface area contributed by atoms with Gasteiger partial charge in [-0.3, -0.25) is 4.79 Å². The molecule has 0 bridgehead atoms. The highest BCUT2D eigenvalue weighted by Crippen LogP contribution is 2.27. The van der Waals surface area contributed by atoms with Crippen molar-refractivity contribution >= 4 is 39.2 Å². The Hall–Kier alpha value is -2.46. The molecule has 0 spiro atoms. The van der Waals surface area contributed by atoms with E-state index in [-0.39, 0.29) is 28.6 Å². The van der Waals surface area contributed by atoms with E-state index in [1.54, 1.807) is 24.3 Å². The fourth-order valence-electron chi connectivity index (χ4n) is 2.94. The van der Waals surface area contributed by atoms with Crippen molar-refractivity contribution in [1.29, 1.82) is 0 Å². The Kier molecular flexibility index (Phi) is 7.66. The zero-order valence-electron chi connectivity index (χ0n) is 17.0. The van der Waals surface area contributed by atoms with Gasteiger partial charge in [0.15, 0.2) is 0 Å². The molecule has 2 aromatic rings. The number of hydrogen-bond acceptors (Lipinski definition) is 6. The molecule has 1 heterocycles. The van der Waals surface area contributed by atoms with Crippen LogP contribution in [0.1, 0.15) is 34.1 Å². The Bertz CT molecular complexity index is 1050. The minimum absolute atomic E-state index is 0.0398. The first kappa shape index (κ1) is 23.2. The molecule has 166 valence electrons. The first-order valence-corrected chi connectivity index (χ1v) is 11.6. The maximum atomic E-state index is 12.9. The molecule has 1 saturated heterocycles. The zero-order valence-corrected chi connectivity index (χ0v) is 18.5. The van der Waals surface area contributed by atoms with E-state index in [1.807, 2.05) is 6.92 Å². The maximum absolute atomic E-state index is 12.9. The number of sulfonamides is 1. The molecular formula is C21H23ClN2O6S. The number of carbonyl (C=O) groups is 2. The van der Waals surface area contributed by atoms with Crippen LogP contribution in [0.5, 0.6) is 0 Å². The summed E-state index contributed by atoms with van der Waals surface area (Å²) in [6, 6.07) is 10.3. The number of esters is 1. The number of morpholine rings is 1. The van der Waals surface area contributed by atoms with Crippen molar-refractivity contribution < 1.29 is 27.5 Å². The van der Waals surface area contributed by atoms with Crippen molar-refractivity contribution in [3.8, 4) is 0 Å². The van der Waals surface area contributed by atoms with E-state index < -0.39 is 21.9 Å². The molecule has 1 aliphatic heterocycles. The molecule has 8 nitrogen and oxygen atoms in total. The lowest BCUT2D eigenvalue weighted by Crippen LogP contribution is -2.40. The van der Waals surface area contributed by atoms with E-state index in [0.717, 1.165) is 6.42 Å². The number of halogens is 1. The first-order chi connectivity index (χ1) is 14.8. The van der Waals surface area contributed by atoms with E-state index in [9.17, 15) is 18.0 Å². The van der Waals surface area contributed by atoms with Gasteiger partial charge in [-0.25, -0.2) is 13.2 Å². The number of anilines is 1. The van der Waals surface area contributed by atoms with E-state index >= 15 is 0 Å². The Morgan fingerprint density at radius 1 is 1.10 bits per heavy atom. The smallest absolute Gasteiger partial charge is 0.338 e. The van der Waals surface area contributed by atoms with Crippen LogP contribution in [0.15, 0.2) is 47.4 Å². The molecule has 1 amide bonds. The monoisotopic (exact) mass is 466 g/mol. The lowest BCUT2D eigenvalue weighted by atomic mass is 10.2. The van der Waals surface area contributed by atoms with Crippen molar-refractivity contribution in [1.82, 2.24) is 4.31 Å². The van der Waals surface area contributed by atoms with Gasteiger partial charge < -0.3 is 14.8 Å². The molecule has 0 radical (unpaired) electrons. The lowest BCUT2D eigenvalue weighted by Gasteiger charge is -2.26. The molecule has 1 fully saturated rings. The minimum atomic E-state index is -3.85. The molecule has 31 heavy (non-hydrogen) atoms. The van der Waals surface area contributed by atoms with Gasteiger partial charge in [0.1, 0.15) is 4.90 Å². The normalized spacial score (nSPS) is 14.8. The average Bonchev–Trinajstić information content (AvgIpc) is 2.78. The predicted octanol–water partition coefficient (Wildman–Crippen LogP) is 3.18. The molecular weight excluding hydrogens is 444 g/mol. The van der Waals surface area contributed by atoms with Crippen LogP contribution in [0.3, 0.4) is 0 Å². The third-order valence-electron chi connectivity index (χ3n) is 4.60. The second-order valence-corrected chi connectivity index (χ2v) is 9.14. The van der Waals surface area contributed by atoms with Crippen LogP contribution in [0, 0.1) is 0 Å². The van der Waals surface area contributed by atoms with Crippen LogP contribution >= 0.6 is 11.6 Å². The van der Waals surface area contributed by atoms with Gasteiger partial charge in [-0.2, -0.15) is 4.31 Å². The number of nitrogens with one attached hydrogen (secondary N) is 1. The molecule has 2 aromatic carbocycles. The molecule has 0 unspecified atom stereocenters. The molecule has 0 atom stereocenters. The van der Waals surface area contributed by atoms with E-state index in [4.69, 9.17) is 21.1 Å². The minimum Gasteiger partial charge on any atom is -0.462 e. The average molecular weight is 467 g/mol. The van der Waals surface area contributed by atoms with Crippen molar-refractivity contribution in [2.45, 2.75) is 18.2 Å². The number of benzene rings is 2. The van der Waals surface area contributed by atoms with Gasteiger partial charge >= 0.3 is 5.97 Å². The molecule has 0 saturated carbocycles. The van der Waals surface area contributed by atoms with Gasteiger partial charge in [0.2, 0.25) is 10.0 Å². The SMILES string of the molecule is CCCOC(=O)c1ccc(NC(=O)c2ccc(Cl)c(S(=O)(=O)N3CCOCC3)c2)cc1. The number of rotatable bonds is 7. The topological polar surface area (TPSA) is 102 Å². The van der Waals surface area contributed by atoms with Gasteiger partial charge in [0.05, 0.1) is 30.4 Å². The van der Waals surface area contributed by atoms with Crippen LogP contribution in [0.2, 0.25) is 5.02 Å². The Morgan fingerprint density at radius 3 is 2.39 bits per heavy atom. The fourth-order valence-corrected chi connectivity index (χ4v) is 4.85. The zero-order chi connectivity index (χ0) is 22.4. The maximum Gasteiger partial charge on any atom is 0.338 e. The predicted molar refractivity (Wildman–Crippen MR) is 116 cm³/mol. The van der Waals surface area contributed by atoms with Crippen molar-refractivity contribution in [2.75, 3.05) is 38.2 Å². The van der Waals surface area contributed by atoms with Gasteiger partial charge in [0.25, 0.3) is 5.91 Å². The molecule has 1 aliphatic rings. The summed E-state index contributed by atoms with van der Waals surface area (Å²) in [4.78, 5) is 24.4. The van der Waals surface area contributed by atoms with E-state index in [0.29, 0.717) is 31.1 Å². The number of hydrogen-bond donors (Lipinski definition) is 1. The Morgan fingerprint density at radius 2 is 1.74 bits per heavy atom. The molecule has 0 aromatic heterocycles. The van der Waals surface area contributed by atoms with Crippen LogP contribution < -0.4 is 5.32 Å². The highest BCUT2D eigenvalue weighted by molar-refractivity contribution is 7.89. The number of ether oxygens (including phenoxy) is 2. The molecule has 3 rings (SSSR count). The summed E-state index contributed by atoms with van der Waals surface area (Å²) in [7, 11) is -3.85. The highest BCUT2D eigenvalue weighted by atomic mass is 35.5. The van der Waals surface area contributed by atoms with Gasteiger partial charge in [-0.15, -0.1) is 0 Å². The van der Waals surface area contributed by atoms with Crippen LogP contribution in [0.4, 0.5) is 5.69 Å². The van der Waals surface area contributed by atoms with Crippen molar-refractivity contribution in [3.05, 3.63) is 58.6 Å². The first-order valence-electron chi connectivity index (χ1n) is 9.79. The largest absolute Gasteiger partial charge is 0.462 e. The number of carbonyl (C=O) groups excluding carboxylic acids is 2. The fraction of sp³-hybridized carbons (Fsp3) is 0.333. The van der Waals surface area contributed by atoms with Gasteiger partial charge in [-0.1, -0.05) is 18.5 Å². The summed E-state index contributed by atoms with van der Waals surface area (Å²) in [5.74, 6) is -0.938. The summed E-state index contributed by atoms with van der Waals surface area (Å²) in [6.07, 6.45) is 0.726. The molecule has 1 N–H and O–H groups in total. The second kappa shape index (κ2) is 10.2. The second-order valence-electron chi connectivity index (χ2n) is 6.83. The molecule has 0 aliphatic carbocycles. The van der Waals surface area contributed by atoms with E-state index in [2.05, 4.69) is 5.32 Å².